The standard InChI is InChI=1S/C23H25F2NO2/c1-15-12-19(24)23(20(25)13-15)26-10-8-16(9-11-26)14-28-22-7-3-4-17-18(22)5-2-6-21(17)27/h3-4,7,12-13,16H,2,5-6,8-11,14H2,1H3. The highest BCUT2D eigenvalue weighted by Crippen LogP contribution is 2.32. The number of benzene rings is 2. The molecule has 28 heavy (non-hydrogen) atoms. The summed E-state index contributed by atoms with van der Waals surface area (Å²) in [5, 5.41) is 0. The molecule has 4 rings (SSSR count). The number of anilines is 1. The molecule has 1 saturated heterocycles. The predicted octanol–water partition coefficient (Wildman–Crippen LogP) is 5.09. The van der Waals surface area contributed by atoms with Crippen LogP contribution in [-0.4, -0.2) is 25.5 Å². The predicted molar refractivity (Wildman–Crippen MR) is 105 cm³/mol. The van der Waals surface area contributed by atoms with Crippen molar-refractivity contribution < 1.29 is 18.3 Å². The highest BCUT2D eigenvalue weighted by Gasteiger charge is 2.25. The molecule has 1 aliphatic carbocycles. The monoisotopic (exact) mass is 385 g/mol. The Morgan fingerprint density at radius 2 is 1.82 bits per heavy atom. The molecule has 0 bridgehead atoms. The third-order valence-electron chi connectivity index (χ3n) is 5.83. The van der Waals surface area contributed by atoms with Crippen molar-refractivity contribution in [2.75, 3.05) is 24.6 Å². The minimum atomic E-state index is -0.493. The Morgan fingerprint density at radius 1 is 1.11 bits per heavy atom. The molecule has 1 aliphatic heterocycles. The summed E-state index contributed by atoms with van der Waals surface area (Å²) in [6.45, 7) is 3.47. The number of fused-ring (bicyclic) bond motifs is 1. The van der Waals surface area contributed by atoms with Gasteiger partial charge in [-0.3, -0.25) is 4.79 Å². The average molecular weight is 385 g/mol. The van der Waals surface area contributed by atoms with E-state index in [1.807, 2.05) is 18.2 Å². The maximum absolute atomic E-state index is 14.2. The third kappa shape index (κ3) is 3.75. The molecule has 5 heteroatoms. The fourth-order valence-corrected chi connectivity index (χ4v) is 4.31. The summed E-state index contributed by atoms with van der Waals surface area (Å²) >= 11 is 0. The van der Waals surface area contributed by atoms with Crippen LogP contribution in [0, 0.1) is 24.5 Å². The molecule has 0 unspecified atom stereocenters. The first kappa shape index (κ1) is 18.9. The maximum atomic E-state index is 14.2. The molecule has 1 fully saturated rings. The van der Waals surface area contributed by atoms with Crippen LogP contribution >= 0.6 is 0 Å². The Bertz CT molecular complexity index is 865. The van der Waals surface area contributed by atoms with Gasteiger partial charge in [0.1, 0.15) is 23.1 Å². The number of rotatable bonds is 4. The Labute approximate surface area is 164 Å². The van der Waals surface area contributed by atoms with Crippen LogP contribution in [0.2, 0.25) is 0 Å². The van der Waals surface area contributed by atoms with Crippen LogP contribution in [0.25, 0.3) is 0 Å². The lowest BCUT2D eigenvalue weighted by Crippen LogP contribution is -2.36. The molecule has 0 radical (unpaired) electrons. The smallest absolute Gasteiger partial charge is 0.163 e. The Kier molecular flexibility index (Phi) is 5.33. The summed E-state index contributed by atoms with van der Waals surface area (Å²) in [6, 6.07) is 8.46. The van der Waals surface area contributed by atoms with E-state index < -0.39 is 11.6 Å². The quantitative estimate of drug-likeness (QED) is 0.734. The normalized spacial score (nSPS) is 17.5. The topological polar surface area (TPSA) is 29.5 Å². The lowest BCUT2D eigenvalue weighted by molar-refractivity contribution is 0.0971. The second-order valence-electron chi connectivity index (χ2n) is 7.88. The minimum absolute atomic E-state index is 0.0839. The van der Waals surface area contributed by atoms with E-state index in [1.54, 1.807) is 11.8 Å². The van der Waals surface area contributed by atoms with Gasteiger partial charge in [0.15, 0.2) is 5.78 Å². The van der Waals surface area contributed by atoms with E-state index in [-0.39, 0.29) is 11.5 Å². The van der Waals surface area contributed by atoms with Gasteiger partial charge < -0.3 is 9.64 Å². The number of carbonyl (C=O) groups is 1. The minimum Gasteiger partial charge on any atom is -0.493 e. The molecule has 0 amide bonds. The number of carbonyl (C=O) groups excluding carboxylic acids is 1. The second kappa shape index (κ2) is 7.90. The van der Waals surface area contributed by atoms with E-state index in [1.165, 1.54) is 12.1 Å². The van der Waals surface area contributed by atoms with Crippen molar-refractivity contribution in [3.8, 4) is 5.75 Å². The molecule has 1 heterocycles. The molecule has 0 atom stereocenters. The van der Waals surface area contributed by atoms with Gasteiger partial charge in [-0.25, -0.2) is 8.78 Å². The van der Waals surface area contributed by atoms with Crippen molar-refractivity contribution >= 4 is 11.5 Å². The zero-order chi connectivity index (χ0) is 19.7. The zero-order valence-electron chi connectivity index (χ0n) is 16.1. The molecule has 2 aliphatic rings. The van der Waals surface area contributed by atoms with Crippen molar-refractivity contribution in [2.45, 2.75) is 39.0 Å². The van der Waals surface area contributed by atoms with Crippen molar-refractivity contribution in [3.63, 3.8) is 0 Å². The number of Topliss-reactive ketones (excluding diaryl/α,β-unsaturated/α-hetero) is 1. The van der Waals surface area contributed by atoms with Crippen molar-refractivity contribution in [2.24, 2.45) is 5.92 Å². The van der Waals surface area contributed by atoms with Crippen LogP contribution in [0.1, 0.15) is 47.2 Å². The average Bonchev–Trinajstić information content (AvgIpc) is 2.67. The van der Waals surface area contributed by atoms with Crippen LogP contribution < -0.4 is 9.64 Å². The van der Waals surface area contributed by atoms with Gasteiger partial charge in [-0.1, -0.05) is 12.1 Å². The maximum Gasteiger partial charge on any atom is 0.163 e. The molecule has 2 aromatic carbocycles. The number of nitrogens with zero attached hydrogens (tertiary/aromatic N) is 1. The van der Waals surface area contributed by atoms with Crippen LogP contribution in [0.4, 0.5) is 14.5 Å². The number of ketones is 1. The van der Waals surface area contributed by atoms with E-state index in [0.717, 1.165) is 42.6 Å². The number of piperidine rings is 1. The number of halogens is 2. The van der Waals surface area contributed by atoms with Crippen LogP contribution in [0.15, 0.2) is 30.3 Å². The molecule has 0 N–H and O–H groups in total. The fraction of sp³-hybridized carbons (Fsp3) is 0.435. The van der Waals surface area contributed by atoms with Crippen LogP contribution in [0.3, 0.4) is 0 Å². The summed E-state index contributed by atoms with van der Waals surface area (Å²) in [6.07, 6.45) is 4.00. The Hall–Kier alpha value is -2.43. The molecule has 0 saturated carbocycles. The molecule has 148 valence electrons. The molecular weight excluding hydrogens is 360 g/mol. The zero-order valence-corrected chi connectivity index (χ0v) is 16.1. The van der Waals surface area contributed by atoms with Crippen molar-refractivity contribution in [1.29, 1.82) is 0 Å². The first-order valence-corrected chi connectivity index (χ1v) is 10.0. The van der Waals surface area contributed by atoms with Crippen LogP contribution in [-0.2, 0) is 6.42 Å². The molecule has 3 nitrogen and oxygen atoms in total. The van der Waals surface area contributed by atoms with Gasteiger partial charge in [-0.2, -0.15) is 0 Å². The third-order valence-corrected chi connectivity index (χ3v) is 5.83. The van der Waals surface area contributed by atoms with E-state index in [4.69, 9.17) is 4.74 Å². The molecule has 2 aromatic rings. The Morgan fingerprint density at radius 3 is 2.54 bits per heavy atom. The largest absolute Gasteiger partial charge is 0.493 e. The summed E-state index contributed by atoms with van der Waals surface area (Å²) in [7, 11) is 0. The summed E-state index contributed by atoms with van der Waals surface area (Å²) < 4.78 is 34.5. The number of hydrogen-bond acceptors (Lipinski definition) is 3. The molecule has 0 spiro atoms. The van der Waals surface area contributed by atoms with Gasteiger partial charge in [0, 0.05) is 30.6 Å². The Balaban J connectivity index is 1.37. The number of ether oxygens (including phenoxy) is 1. The van der Waals surface area contributed by atoms with Crippen molar-refractivity contribution in [3.05, 3.63) is 58.7 Å². The van der Waals surface area contributed by atoms with E-state index >= 15 is 0 Å². The summed E-state index contributed by atoms with van der Waals surface area (Å²) in [5.41, 5.74) is 2.50. The lowest BCUT2D eigenvalue weighted by atomic mass is 9.90. The van der Waals surface area contributed by atoms with Crippen molar-refractivity contribution in [1.82, 2.24) is 0 Å². The summed E-state index contributed by atoms with van der Waals surface area (Å²) in [4.78, 5) is 13.9. The van der Waals surface area contributed by atoms with E-state index in [9.17, 15) is 13.6 Å². The van der Waals surface area contributed by atoms with E-state index in [0.29, 0.717) is 37.6 Å². The fourth-order valence-electron chi connectivity index (χ4n) is 4.31. The first-order valence-electron chi connectivity index (χ1n) is 10.0. The van der Waals surface area contributed by atoms with Gasteiger partial charge in [-0.15, -0.1) is 0 Å². The highest BCUT2D eigenvalue weighted by atomic mass is 19.1. The first-order chi connectivity index (χ1) is 13.5. The lowest BCUT2D eigenvalue weighted by Gasteiger charge is -2.34. The molecular formula is C23H25F2NO2. The van der Waals surface area contributed by atoms with Crippen LogP contribution in [0.5, 0.6) is 5.75 Å². The summed E-state index contributed by atoms with van der Waals surface area (Å²) in [5.74, 6) is 0.356. The SMILES string of the molecule is Cc1cc(F)c(N2CCC(COc3cccc4c3CCCC4=O)CC2)c(F)c1. The second-order valence-corrected chi connectivity index (χ2v) is 7.88. The van der Waals surface area contributed by atoms with Gasteiger partial charge in [0.05, 0.1) is 6.61 Å². The van der Waals surface area contributed by atoms with Gasteiger partial charge in [-0.05, 0) is 62.3 Å². The van der Waals surface area contributed by atoms with Gasteiger partial charge >= 0.3 is 0 Å². The van der Waals surface area contributed by atoms with Gasteiger partial charge in [0.2, 0.25) is 0 Å². The number of hydrogen-bond donors (Lipinski definition) is 0. The van der Waals surface area contributed by atoms with E-state index in [2.05, 4.69) is 0 Å². The van der Waals surface area contributed by atoms with Gasteiger partial charge in [0.25, 0.3) is 0 Å². The number of aryl methyl sites for hydroxylation is 1. The highest BCUT2D eigenvalue weighted by molar-refractivity contribution is 5.99. The molecule has 0 aromatic heterocycles.